The van der Waals surface area contributed by atoms with E-state index in [4.69, 9.17) is 4.74 Å². The highest BCUT2D eigenvalue weighted by Crippen LogP contribution is 2.28. The van der Waals surface area contributed by atoms with Crippen molar-refractivity contribution in [2.24, 2.45) is 0 Å². The van der Waals surface area contributed by atoms with Crippen LogP contribution >= 0.6 is 0 Å². The summed E-state index contributed by atoms with van der Waals surface area (Å²) in [6, 6.07) is -2.93. The number of likely N-dealkylation sites (tertiary alicyclic amines) is 1. The molecule has 12 nitrogen and oxygen atoms in total. The predicted octanol–water partition coefficient (Wildman–Crippen LogP) is -0.282. The molecule has 3 rings (SSSR count). The molecule has 0 aromatic carbocycles. The van der Waals surface area contributed by atoms with Crippen LogP contribution in [0.5, 0.6) is 0 Å². The van der Waals surface area contributed by atoms with Crippen molar-refractivity contribution in [2.75, 3.05) is 6.54 Å². The number of imide groups is 1. The first kappa shape index (κ1) is 20.8. The first-order valence-electron chi connectivity index (χ1n) is 9.43. The van der Waals surface area contributed by atoms with Crippen molar-refractivity contribution in [3.63, 3.8) is 0 Å². The molecule has 3 aliphatic heterocycles. The molecule has 0 spiro atoms. The number of hydrazine groups is 1. The summed E-state index contributed by atoms with van der Waals surface area (Å²) in [5.41, 5.74) is 3.63. The lowest BCUT2D eigenvalue weighted by Crippen LogP contribution is -2.57. The Morgan fingerprint density at radius 2 is 1.66 bits per heavy atom. The number of fused-ring (bicyclic) bond motifs is 2. The highest BCUT2D eigenvalue weighted by molar-refractivity contribution is 6.01. The van der Waals surface area contributed by atoms with Gasteiger partial charge in [0.2, 0.25) is 5.91 Å². The molecular weight excluding hydrogens is 386 g/mol. The van der Waals surface area contributed by atoms with E-state index < -0.39 is 47.5 Å². The van der Waals surface area contributed by atoms with Crippen molar-refractivity contribution < 1.29 is 33.9 Å². The summed E-state index contributed by atoms with van der Waals surface area (Å²) in [6.45, 7) is 5.15. The third kappa shape index (κ3) is 4.11. The normalized spacial score (nSPS) is 26.6. The standard InChI is InChI=1S/C17H25N5O7/c1-17(2,3)29-16(27)21-11(6-7-12(21)23)14(25)19-18-13(24)10-5-4-9-8-20(10)15(26)22(9)28/h9-11,28H,4-8H2,1-3H3,(H,18,24)(H,19,25)/t9-,10+,11-/m1/s1. The molecule has 3 fully saturated rings. The van der Waals surface area contributed by atoms with Gasteiger partial charge in [0.15, 0.2) is 0 Å². The van der Waals surface area contributed by atoms with E-state index in [1.807, 2.05) is 0 Å². The van der Waals surface area contributed by atoms with Gasteiger partial charge in [-0.3, -0.25) is 30.4 Å². The molecule has 0 aromatic rings. The Morgan fingerprint density at radius 3 is 2.28 bits per heavy atom. The number of nitrogens with zero attached hydrogens (tertiary/aromatic N) is 3. The number of nitrogens with one attached hydrogen (secondary N) is 2. The van der Waals surface area contributed by atoms with Gasteiger partial charge in [-0.25, -0.2) is 19.6 Å². The van der Waals surface area contributed by atoms with Crippen molar-refractivity contribution in [1.82, 2.24) is 25.7 Å². The first-order chi connectivity index (χ1) is 13.5. The van der Waals surface area contributed by atoms with Gasteiger partial charge in [-0.05, 0) is 40.0 Å². The Balaban J connectivity index is 1.58. The lowest BCUT2D eigenvalue weighted by molar-refractivity contribution is -0.137. The summed E-state index contributed by atoms with van der Waals surface area (Å²) in [6.07, 6.45) is -0.0237. The van der Waals surface area contributed by atoms with Crippen LogP contribution in [-0.4, -0.2) is 80.2 Å². The molecule has 3 N–H and O–H groups in total. The summed E-state index contributed by atoms with van der Waals surface area (Å²) < 4.78 is 5.17. The summed E-state index contributed by atoms with van der Waals surface area (Å²) >= 11 is 0. The van der Waals surface area contributed by atoms with E-state index in [9.17, 15) is 29.2 Å². The van der Waals surface area contributed by atoms with Crippen molar-refractivity contribution in [3.8, 4) is 0 Å². The predicted molar refractivity (Wildman–Crippen MR) is 94.9 cm³/mol. The second kappa shape index (κ2) is 7.50. The summed E-state index contributed by atoms with van der Waals surface area (Å²) in [5, 5.41) is 10.3. The van der Waals surface area contributed by atoms with Crippen molar-refractivity contribution in [1.29, 1.82) is 0 Å². The lowest BCUT2D eigenvalue weighted by Gasteiger charge is -2.30. The molecule has 6 amide bonds. The number of hydrogen-bond acceptors (Lipinski definition) is 7. The highest BCUT2D eigenvalue weighted by Gasteiger charge is 2.47. The Bertz CT molecular complexity index is 749. The van der Waals surface area contributed by atoms with Crippen molar-refractivity contribution in [2.45, 2.75) is 70.2 Å². The summed E-state index contributed by atoms with van der Waals surface area (Å²) in [4.78, 5) is 63.2. The molecule has 3 atom stereocenters. The van der Waals surface area contributed by atoms with Gasteiger partial charge in [0.1, 0.15) is 17.7 Å². The molecule has 3 aliphatic rings. The average molecular weight is 411 g/mol. The summed E-state index contributed by atoms with van der Waals surface area (Å²) in [5.74, 6) is -1.89. The number of amides is 6. The number of rotatable bonds is 2. The fourth-order valence-corrected chi connectivity index (χ4v) is 3.68. The molecule has 29 heavy (non-hydrogen) atoms. The Morgan fingerprint density at radius 1 is 1.03 bits per heavy atom. The SMILES string of the molecule is CC(C)(C)OC(=O)N1C(=O)CC[C@@H]1C(=O)NNC(=O)[C@@H]1CC[C@@H]2CN1C(=O)N2O. The maximum Gasteiger partial charge on any atom is 0.417 e. The number of ether oxygens (including phenoxy) is 1. The number of urea groups is 1. The van der Waals surface area contributed by atoms with Gasteiger partial charge < -0.3 is 9.64 Å². The molecule has 160 valence electrons. The fourth-order valence-electron chi connectivity index (χ4n) is 3.68. The number of carbonyl (C=O) groups excluding carboxylic acids is 5. The van der Waals surface area contributed by atoms with E-state index in [1.165, 1.54) is 4.90 Å². The fraction of sp³-hybridized carbons (Fsp3) is 0.706. The van der Waals surface area contributed by atoms with Gasteiger partial charge in [0, 0.05) is 13.0 Å². The number of carbonyl (C=O) groups is 5. The Hall–Kier alpha value is -2.89. The minimum absolute atomic E-state index is 0.00387. The van der Waals surface area contributed by atoms with Gasteiger partial charge in [0.25, 0.3) is 11.8 Å². The van der Waals surface area contributed by atoms with Crippen LogP contribution in [0.15, 0.2) is 0 Å². The van der Waals surface area contributed by atoms with E-state index in [-0.39, 0.29) is 25.4 Å². The van der Waals surface area contributed by atoms with Crippen LogP contribution in [0.2, 0.25) is 0 Å². The molecule has 3 saturated heterocycles. The molecule has 0 unspecified atom stereocenters. The van der Waals surface area contributed by atoms with Crippen LogP contribution in [0.3, 0.4) is 0 Å². The number of hydroxylamine groups is 2. The largest absolute Gasteiger partial charge is 0.443 e. The van der Waals surface area contributed by atoms with Gasteiger partial charge in [-0.2, -0.15) is 0 Å². The zero-order chi connectivity index (χ0) is 21.5. The second-order valence-electron chi connectivity index (χ2n) is 8.30. The van der Waals surface area contributed by atoms with E-state index in [1.54, 1.807) is 20.8 Å². The third-order valence-electron chi connectivity index (χ3n) is 5.06. The van der Waals surface area contributed by atoms with Crippen LogP contribution in [0.25, 0.3) is 0 Å². The van der Waals surface area contributed by atoms with E-state index in [0.29, 0.717) is 17.9 Å². The van der Waals surface area contributed by atoms with Gasteiger partial charge in [0.05, 0.1) is 6.04 Å². The van der Waals surface area contributed by atoms with Gasteiger partial charge in [-0.15, -0.1) is 0 Å². The van der Waals surface area contributed by atoms with Crippen LogP contribution in [-0.2, 0) is 19.1 Å². The minimum atomic E-state index is -1.10. The molecule has 12 heteroatoms. The summed E-state index contributed by atoms with van der Waals surface area (Å²) in [7, 11) is 0. The molecule has 0 aliphatic carbocycles. The van der Waals surface area contributed by atoms with Gasteiger partial charge >= 0.3 is 12.1 Å². The molecule has 2 bridgehead atoms. The van der Waals surface area contributed by atoms with Crippen LogP contribution in [0.4, 0.5) is 9.59 Å². The quantitative estimate of drug-likeness (QED) is 0.418. The Kier molecular flexibility index (Phi) is 5.39. The third-order valence-corrected chi connectivity index (χ3v) is 5.06. The molecule has 3 heterocycles. The van der Waals surface area contributed by atoms with Crippen molar-refractivity contribution >= 4 is 29.8 Å². The monoisotopic (exact) mass is 411 g/mol. The maximum atomic E-state index is 12.5. The van der Waals surface area contributed by atoms with E-state index in [2.05, 4.69) is 10.9 Å². The highest BCUT2D eigenvalue weighted by atomic mass is 16.6. The Labute approximate surface area is 167 Å². The second-order valence-corrected chi connectivity index (χ2v) is 8.30. The minimum Gasteiger partial charge on any atom is -0.443 e. The molecule has 0 radical (unpaired) electrons. The maximum absolute atomic E-state index is 12.5. The van der Waals surface area contributed by atoms with Crippen molar-refractivity contribution in [3.05, 3.63) is 0 Å². The first-order valence-corrected chi connectivity index (χ1v) is 9.43. The number of piperidine rings is 1. The van der Waals surface area contributed by atoms with Crippen LogP contribution < -0.4 is 10.9 Å². The topological polar surface area (TPSA) is 149 Å². The zero-order valence-corrected chi connectivity index (χ0v) is 16.5. The van der Waals surface area contributed by atoms with Gasteiger partial charge in [-0.1, -0.05) is 0 Å². The van der Waals surface area contributed by atoms with E-state index >= 15 is 0 Å². The lowest BCUT2D eigenvalue weighted by atomic mass is 10.0. The zero-order valence-electron chi connectivity index (χ0n) is 16.5. The number of hydrogen-bond donors (Lipinski definition) is 3. The average Bonchev–Trinajstić information content (AvgIpc) is 3.12. The smallest absolute Gasteiger partial charge is 0.417 e. The van der Waals surface area contributed by atoms with E-state index in [0.717, 1.165) is 4.90 Å². The van der Waals surface area contributed by atoms with Crippen LogP contribution in [0, 0.1) is 0 Å². The molecule has 0 saturated carbocycles. The molecule has 0 aromatic heterocycles. The van der Waals surface area contributed by atoms with Crippen LogP contribution in [0.1, 0.15) is 46.5 Å². The molecular formula is C17H25N5O7.